The molecule has 0 spiro atoms. The lowest BCUT2D eigenvalue weighted by atomic mass is 10.1. The molecule has 0 aliphatic carbocycles. The normalized spacial score (nSPS) is 19.9. The molecule has 2 heterocycles. The maximum absolute atomic E-state index is 12.3. The van der Waals surface area contributed by atoms with E-state index in [1.54, 1.807) is 0 Å². The van der Waals surface area contributed by atoms with Gasteiger partial charge in [0.25, 0.3) is 0 Å². The van der Waals surface area contributed by atoms with Crippen molar-refractivity contribution in [2.75, 3.05) is 40.3 Å². The lowest BCUT2D eigenvalue weighted by Crippen LogP contribution is -3.00. The van der Waals surface area contributed by atoms with Crippen LogP contribution in [0.1, 0.15) is 168 Å². The van der Waals surface area contributed by atoms with Crippen LogP contribution >= 0.6 is 0 Å². The van der Waals surface area contributed by atoms with Crippen molar-refractivity contribution in [2.24, 2.45) is 0 Å². The van der Waals surface area contributed by atoms with Crippen molar-refractivity contribution >= 4 is 11.8 Å². The Balaban J connectivity index is 0.0000125. The zero-order chi connectivity index (χ0) is 35.4. The highest BCUT2D eigenvalue weighted by atomic mass is 127. The zero-order valence-corrected chi connectivity index (χ0v) is 35.0. The Morgan fingerprint density at radius 3 is 1.36 bits per heavy atom. The monoisotopic (exact) mass is 816 g/mol. The molecular formula is C42H78IN3O4. The molecule has 0 aromatic heterocycles. The van der Waals surface area contributed by atoms with Gasteiger partial charge in [0.2, 0.25) is 11.8 Å². The van der Waals surface area contributed by atoms with E-state index < -0.39 is 0 Å². The van der Waals surface area contributed by atoms with Crippen LogP contribution in [0.5, 0.6) is 0 Å². The molecule has 8 heteroatoms. The van der Waals surface area contributed by atoms with E-state index in [-0.39, 0.29) is 35.8 Å². The van der Waals surface area contributed by atoms with Gasteiger partial charge in [-0.05, 0) is 64.2 Å². The van der Waals surface area contributed by atoms with Crippen molar-refractivity contribution in [1.82, 2.24) is 10.6 Å². The molecule has 2 N–H and O–H groups in total. The third-order valence-electron chi connectivity index (χ3n) is 10.3. The number of rotatable bonds is 34. The van der Waals surface area contributed by atoms with Gasteiger partial charge < -0.3 is 48.6 Å². The fourth-order valence-corrected chi connectivity index (χ4v) is 6.61. The quantitative estimate of drug-likeness (QED) is 0.0261. The molecule has 2 aliphatic heterocycles. The van der Waals surface area contributed by atoms with Crippen molar-refractivity contribution in [2.45, 2.75) is 192 Å². The molecule has 0 aromatic carbocycles. The summed E-state index contributed by atoms with van der Waals surface area (Å²) in [5.74, 6) is 0.329. The van der Waals surface area contributed by atoms with E-state index in [1.165, 1.54) is 89.9 Å². The first-order valence-corrected chi connectivity index (χ1v) is 20.8. The average Bonchev–Trinajstić information content (AvgIpc) is 4.00. The third kappa shape index (κ3) is 26.8. The first kappa shape index (κ1) is 47.1. The number of epoxide rings is 2. The number of allylic oxidation sites excluding steroid dienone is 2. The summed E-state index contributed by atoms with van der Waals surface area (Å²) in [6, 6.07) is 0. The van der Waals surface area contributed by atoms with Gasteiger partial charge in [0.15, 0.2) is 0 Å². The van der Waals surface area contributed by atoms with Gasteiger partial charge in [-0.2, -0.15) is 0 Å². The first-order chi connectivity index (χ1) is 23.8. The minimum absolute atomic E-state index is 0. The molecule has 0 bridgehead atoms. The van der Waals surface area contributed by atoms with E-state index in [0.29, 0.717) is 50.3 Å². The molecule has 50 heavy (non-hydrogen) atoms. The maximum atomic E-state index is 12.3. The number of unbranched alkanes of at least 4 members (excludes halogenated alkanes) is 14. The summed E-state index contributed by atoms with van der Waals surface area (Å²) in [5, 5.41) is 6.20. The Morgan fingerprint density at radius 1 is 0.540 bits per heavy atom. The number of hydrogen-bond donors (Lipinski definition) is 2. The molecule has 292 valence electrons. The van der Waals surface area contributed by atoms with E-state index in [1.807, 2.05) is 0 Å². The fraction of sp³-hybridized carbons (Fsp3) is 0.857. The molecular weight excluding hydrogens is 737 g/mol. The van der Waals surface area contributed by atoms with Crippen LogP contribution in [0, 0.1) is 0 Å². The largest absolute Gasteiger partial charge is 1.00 e. The second-order valence-electron chi connectivity index (χ2n) is 15.5. The predicted octanol–water partition coefficient (Wildman–Crippen LogP) is 6.35. The Morgan fingerprint density at radius 2 is 0.940 bits per heavy atom. The summed E-state index contributed by atoms with van der Waals surface area (Å²) in [6.07, 6.45) is 38.8. The van der Waals surface area contributed by atoms with Gasteiger partial charge >= 0.3 is 0 Å². The number of nitrogens with zero attached hydrogens (tertiary/aromatic N) is 1. The predicted molar refractivity (Wildman–Crippen MR) is 206 cm³/mol. The van der Waals surface area contributed by atoms with Crippen molar-refractivity contribution in [3.8, 4) is 0 Å². The van der Waals surface area contributed by atoms with Crippen LogP contribution in [-0.4, -0.2) is 81.0 Å². The SMILES string of the molecule is CCCCCC1OC1C/C=C/CCCCCCCC(=O)NCC[N+](C)(C)CCNC(=O)CCCCCCC/C=C/CC1OC1CCCCC.[I-]. The Bertz CT molecular complexity index is 841. The van der Waals surface area contributed by atoms with Crippen LogP contribution in [0.2, 0.25) is 0 Å². The van der Waals surface area contributed by atoms with Crippen LogP contribution in [0.15, 0.2) is 24.3 Å². The number of carbonyl (C=O) groups is 2. The smallest absolute Gasteiger partial charge is 0.220 e. The molecule has 0 saturated carbocycles. The second-order valence-corrected chi connectivity index (χ2v) is 15.5. The minimum atomic E-state index is 0. The van der Waals surface area contributed by atoms with Crippen LogP contribution in [0.3, 0.4) is 0 Å². The summed E-state index contributed by atoms with van der Waals surface area (Å²) < 4.78 is 12.3. The number of amides is 2. The standard InChI is InChI=1S/C42H77N3O4.HI/c1-5-7-21-27-37-39(48-37)29-23-17-13-9-11-15-19-25-31-41(46)43-33-35-45(3,4)36-34-44-42(47)32-26-20-16-12-10-14-18-24-30-40-38(49-40)28-22-8-6-2;/h17-18,23-24,37-40H,5-16,19-22,25-36H2,1-4H3,(H-,43,44,46,47);1H/b23-17+,24-18+;. The highest BCUT2D eigenvalue weighted by Gasteiger charge is 2.37. The minimum Gasteiger partial charge on any atom is -1.00 e. The van der Waals surface area contributed by atoms with Crippen molar-refractivity contribution in [1.29, 1.82) is 0 Å². The van der Waals surface area contributed by atoms with Crippen LogP contribution < -0.4 is 34.6 Å². The number of quaternary nitrogens is 1. The number of halogens is 1. The van der Waals surface area contributed by atoms with Gasteiger partial charge in [-0.3, -0.25) is 9.59 Å². The van der Waals surface area contributed by atoms with E-state index in [9.17, 15) is 9.59 Å². The van der Waals surface area contributed by atoms with Gasteiger partial charge in [0.05, 0.1) is 64.7 Å². The Kier molecular flexibility index (Phi) is 28.7. The molecule has 4 unspecified atom stereocenters. The number of hydrogen-bond acceptors (Lipinski definition) is 4. The van der Waals surface area contributed by atoms with Crippen molar-refractivity contribution in [3.63, 3.8) is 0 Å². The summed E-state index contributed by atoms with van der Waals surface area (Å²) in [6.45, 7) is 7.60. The average molecular weight is 816 g/mol. The summed E-state index contributed by atoms with van der Waals surface area (Å²) >= 11 is 0. The van der Waals surface area contributed by atoms with E-state index >= 15 is 0 Å². The lowest BCUT2D eigenvalue weighted by molar-refractivity contribution is -0.887. The van der Waals surface area contributed by atoms with E-state index in [4.69, 9.17) is 9.47 Å². The van der Waals surface area contributed by atoms with Gasteiger partial charge in [-0.15, -0.1) is 0 Å². The first-order valence-electron chi connectivity index (χ1n) is 20.8. The van der Waals surface area contributed by atoms with Gasteiger partial charge in [-0.1, -0.05) is 115 Å². The number of likely N-dealkylation sites (N-methyl/N-ethyl adjacent to an activating group) is 1. The highest BCUT2D eigenvalue weighted by molar-refractivity contribution is 5.76. The summed E-state index contributed by atoms with van der Waals surface area (Å²) in [4.78, 5) is 24.6. The Hall–Kier alpha value is -0.970. The summed E-state index contributed by atoms with van der Waals surface area (Å²) in [5.41, 5.74) is 0. The van der Waals surface area contributed by atoms with Gasteiger partial charge in [0, 0.05) is 12.8 Å². The number of carbonyl (C=O) groups excluding carboxylic acids is 2. The molecule has 2 amide bonds. The molecule has 2 saturated heterocycles. The number of ether oxygens (including phenoxy) is 2. The molecule has 0 radical (unpaired) electrons. The third-order valence-corrected chi connectivity index (χ3v) is 10.3. The van der Waals surface area contributed by atoms with Crippen LogP contribution in [0.4, 0.5) is 0 Å². The molecule has 2 rings (SSSR count). The molecule has 4 atom stereocenters. The second kappa shape index (κ2) is 30.5. The van der Waals surface area contributed by atoms with Crippen LogP contribution in [0.25, 0.3) is 0 Å². The topological polar surface area (TPSA) is 83.3 Å². The van der Waals surface area contributed by atoms with E-state index in [0.717, 1.165) is 68.9 Å². The Labute approximate surface area is 325 Å². The highest BCUT2D eigenvalue weighted by Crippen LogP contribution is 2.31. The van der Waals surface area contributed by atoms with Crippen molar-refractivity contribution in [3.05, 3.63) is 24.3 Å². The number of nitrogens with one attached hydrogen (secondary N) is 2. The molecule has 0 aromatic rings. The van der Waals surface area contributed by atoms with Gasteiger partial charge in [0.1, 0.15) is 0 Å². The maximum Gasteiger partial charge on any atom is 0.220 e. The molecule has 2 fully saturated rings. The van der Waals surface area contributed by atoms with Gasteiger partial charge in [-0.25, -0.2) is 0 Å². The lowest BCUT2D eigenvalue weighted by Gasteiger charge is -2.30. The fourth-order valence-electron chi connectivity index (χ4n) is 6.61. The van der Waals surface area contributed by atoms with Crippen molar-refractivity contribution < 1.29 is 47.5 Å². The van der Waals surface area contributed by atoms with E-state index in [2.05, 4.69) is 62.9 Å². The zero-order valence-electron chi connectivity index (χ0n) is 32.9. The van der Waals surface area contributed by atoms with Crippen LogP contribution in [-0.2, 0) is 19.1 Å². The molecule has 7 nitrogen and oxygen atoms in total. The summed E-state index contributed by atoms with van der Waals surface area (Å²) in [7, 11) is 4.33. The molecule has 2 aliphatic rings.